The molecule has 0 bridgehead atoms. The van der Waals surface area contributed by atoms with E-state index in [1.54, 1.807) is 0 Å². The van der Waals surface area contributed by atoms with Crippen molar-refractivity contribution in [1.29, 1.82) is 0 Å². The molecule has 0 aliphatic carbocycles. The van der Waals surface area contributed by atoms with Crippen molar-refractivity contribution in [2.45, 2.75) is 24.5 Å². The van der Waals surface area contributed by atoms with Crippen molar-refractivity contribution >= 4 is 22.7 Å². The average Bonchev–Trinajstić information content (AvgIpc) is 2.73. The molecule has 0 spiro atoms. The van der Waals surface area contributed by atoms with Crippen molar-refractivity contribution in [3.8, 4) is 11.1 Å². The quantitative estimate of drug-likeness (QED) is 0.318. The highest BCUT2D eigenvalue weighted by Crippen LogP contribution is 2.61. The van der Waals surface area contributed by atoms with Gasteiger partial charge in [-0.15, -0.1) is 0 Å². The van der Waals surface area contributed by atoms with Crippen molar-refractivity contribution < 1.29 is 0 Å². The Labute approximate surface area is 161 Å². The first kappa shape index (κ1) is 15.8. The summed E-state index contributed by atoms with van der Waals surface area (Å²) in [6.45, 7) is 0. The third-order valence-electron chi connectivity index (χ3n) is 4.66. The Kier molecular flexibility index (Phi) is 4.08. The van der Waals surface area contributed by atoms with E-state index in [-0.39, 0.29) is 0 Å². The van der Waals surface area contributed by atoms with Crippen LogP contribution in [-0.2, 0) is 0 Å². The van der Waals surface area contributed by atoms with Gasteiger partial charge in [0, 0.05) is 19.6 Å². The Morgan fingerprint density at radius 3 is 1.58 bits per heavy atom. The van der Waals surface area contributed by atoms with E-state index in [2.05, 4.69) is 103 Å². The van der Waals surface area contributed by atoms with Crippen molar-refractivity contribution in [3.05, 3.63) is 103 Å². The fraction of sp³-hybridized carbons (Fsp3) is 0. The number of hydrogen-bond acceptors (Lipinski definition) is 1. The van der Waals surface area contributed by atoms with Gasteiger partial charge in [0.05, 0.1) is 0 Å². The van der Waals surface area contributed by atoms with Crippen LogP contribution in [0.2, 0.25) is 0 Å². The molecule has 0 N–H and O–H groups in total. The molecule has 0 unspecified atom stereocenters. The summed E-state index contributed by atoms with van der Waals surface area (Å²) in [5.41, 5.74) is 2.55. The largest absolute Gasteiger partial charge is 0.171 e. The van der Waals surface area contributed by atoms with Crippen LogP contribution < -0.4 is 0 Å². The molecule has 1 aliphatic rings. The zero-order chi connectivity index (χ0) is 17.3. The molecule has 2 heteroatoms. The van der Waals surface area contributed by atoms with Gasteiger partial charge in [-0.3, -0.25) is 0 Å². The summed E-state index contributed by atoms with van der Waals surface area (Å²) in [5, 5.41) is 0. The summed E-state index contributed by atoms with van der Waals surface area (Å²) in [4.78, 5) is 7.14. The lowest BCUT2D eigenvalue weighted by Gasteiger charge is -2.31. The highest BCUT2D eigenvalue weighted by atomic mass is 32.2. The third kappa shape index (κ3) is 2.76. The van der Waals surface area contributed by atoms with Crippen molar-refractivity contribution in [1.82, 2.24) is 0 Å². The van der Waals surface area contributed by atoms with Crippen molar-refractivity contribution in [3.63, 3.8) is 0 Å². The predicted octanol–water partition coefficient (Wildman–Crippen LogP) is 7.30. The number of hydrogen-bond donors (Lipinski definition) is 1. The van der Waals surface area contributed by atoms with Gasteiger partial charge in [-0.1, -0.05) is 78.5 Å². The fourth-order valence-electron chi connectivity index (χ4n) is 3.42. The van der Waals surface area contributed by atoms with E-state index >= 15 is 0 Å². The van der Waals surface area contributed by atoms with E-state index < -0.39 is 10.9 Å². The number of benzene rings is 4. The van der Waals surface area contributed by atoms with Crippen LogP contribution in [0.15, 0.2) is 128 Å². The summed E-state index contributed by atoms with van der Waals surface area (Å²) in [6, 6.07) is 37.5. The first-order valence-corrected chi connectivity index (χ1v) is 10.9. The van der Waals surface area contributed by atoms with Crippen LogP contribution >= 0.6 is 22.7 Å². The minimum atomic E-state index is -0.501. The molecule has 0 amide bonds. The van der Waals surface area contributed by atoms with Crippen LogP contribution in [0.5, 0.6) is 0 Å². The summed E-state index contributed by atoms with van der Waals surface area (Å²) >= 11 is 1.90. The molecule has 0 fully saturated rings. The second kappa shape index (κ2) is 6.71. The first-order chi connectivity index (χ1) is 12.9. The molecule has 1 heterocycles. The standard InChI is InChI=1S/C24H18S2/c1-2-8-18(9-3-1)19-14-16-20(17-15-19)26-23-12-6-4-10-21(23)25-22-11-5-7-13-24(22)26/h1-17,26H. The third-order valence-corrected chi connectivity index (χ3v) is 8.68. The van der Waals surface area contributed by atoms with Crippen LogP contribution in [-0.4, -0.2) is 0 Å². The van der Waals surface area contributed by atoms with Crippen molar-refractivity contribution in [2.75, 3.05) is 0 Å². The topological polar surface area (TPSA) is 0 Å². The molecule has 0 saturated carbocycles. The highest BCUT2D eigenvalue weighted by molar-refractivity contribution is 8.18. The lowest BCUT2D eigenvalue weighted by Crippen LogP contribution is -1.97. The molecule has 4 aromatic rings. The van der Waals surface area contributed by atoms with Gasteiger partial charge in [-0.2, -0.15) is 10.9 Å². The number of fused-ring (bicyclic) bond motifs is 2. The molecule has 0 nitrogen and oxygen atoms in total. The van der Waals surface area contributed by atoms with E-state index in [1.165, 1.54) is 35.6 Å². The van der Waals surface area contributed by atoms with E-state index in [9.17, 15) is 0 Å². The van der Waals surface area contributed by atoms with Crippen LogP contribution in [0.3, 0.4) is 0 Å². The van der Waals surface area contributed by atoms with Gasteiger partial charge in [0.15, 0.2) is 0 Å². The summed E-state index contributed by atoms with van der Waals surface area (Å²) in [7, 11) is -0.501. The van der Waals surface area contributed by atoms with Gasteiger partial charge in [0.25, 0.3) is 0 Å². The maximum absolute atomic E-state index is 2.32. The summed E-state index contributed by atoms with van der Waals surface area (Å²) in [6.07, 6.45) is 0. The lowest BCUT2D eigenvalue weighted by atomic mass is 10.1. The Bertz CT molecular complexity index is 1010. The van der Waals surface area contributed by atoms with Crippen LogP contribution in [0.25, 0.3) is 11.1 Å². The molecular weight excluding hydrogens is 352 g/mol. The zero-order valence-electron chi connectivity index (χ0n) is 14.2. The average molecular weight is 371 g/mol. The van der Waals surface area contributed by atoms with Crippen molar-refractivity contribution in [2.24, 2.45) is 0 Å². The predicted molar refractivity (Wildman–Crippen MR) is 113 cm³/mol. The molecule has 4 aromatic carbocycles. The SMILES string of the molecule is c1ccc(-c2ccc([SH]3c4ccccc4Sc4ccccc43)cc2)cc1. The van der Waals surface area contributed by atoms with E-state index in [1.807, 2.05) is 11.8 Å². The van der Waals surface area contributed by atoms with Gasteiger partial charge >= 0.3 is 0 Å². The molecular formula is C24H18S2. The Hall–Kier alpha value is -2.42. The Morgan fingerprint density at radius 2 is 0.962 bits per heavy atom. The molecule has 126 valence electrons. The number of rotatable bonds is 2. The van der Waals surface area contributed by atoms with Crippen LogP contribution in [0.1, 0.15) is 0 Å². The summed E-state index contributed by atoms with van der Waals surface area (Å²) in [5.74, 6) is 0. The first-order valence-electron chi connectivity index (χ1n) is 8.72. The fourth-order valence-corrected chi connectivity index (χ4v) is 7.44. The molecule has 0 saturated heterocycles. The normalized spacial score (nSPS) is 13.8. The monoisotopic (exact) mass is 370 g/mol. The second-order valence-electron chi connectivity index (χ2n) is 6.29. The zero-order valence-corrected chi connectivity index (χ0v) is 15.9. The van der Waals surface area contributed by atoms with Gasteiger partial charge in [0.2, 0.25) is 0 Å². The molecule has 1 aliphatic heterocycles. The lowest BCUT2D eigenvalue weighted by molar-refractivity contribution is 1.13. The molecule has 0 radical (unpaired) electrons. The van der Waals surface area contributed by atoms with Gasteiger partial charge in [0.1, 0.15) is 0 Å². The molecule has 0 atom stereocenters. The molecule has 26 heavy (non-hydrogen) atoms. The molecule has 5 rings (SSSR count). The smallest absolute Gasteiger partial charge is 0.0247 e. The maximum Gasteiger partial charge on any atom is 0.0247 e. The minimum absolute atomic E-state index is 0.501. The van der Waals surface area contributed by atoms with E-state index in [0.29, 0.717) is 0 Å². The number of thiol groups is 1. The maximum atomic E-state index is 2.32. The Morgan fingerprint density at radius 1 is 0.462 bits per heavy atom. The Balaban J connectivity index is 1.62. The van der Waals surface area contributed by atoms with Gasteiger partial charge < -0.3 is 0 Å². The van der Waals surface area contributed by atoms with E-state index in [0.717, 1.165) is 0 Å². The minimum Gasteiger partial charge on any atom is -0.171 e. The summed E-state index contributed by atoms with van der Waals surface area (Å²) < 4.78 is 0. The highest BCUT2D eigenvalue weighted by Gasteiger charge is 2.24. The van der Waals surface area contributed by atoms with Crippen LogP contribution in [0, 0.1) is 0 Å². The van der Waals surface area contributed by atoms with Gasteiger partial charge in [-0.25, -0.2) is 0 Å². The van der Waals surface area contributed by atoms with Gasteiger partial charge in [-0.05, 0) is 52.4 Å². The molecule has 0 aromatic heterocycles. The second-order valence-corrected chi connectivity index (χ2v) is 9.52. The van der Waals surface area contributed by atoms with Crippen LogP contribution in [0.4, 0.5) is 0 Å². The van der Waals surface area contributed by atoms with E-state index in [4.69, 9.17) is 0 Å².